The number of amides is 2. The zero-order valence-electron chi connectivity index (χ0n) is 20.0. The number of benzene rings is 2. The first-order valence-corrected chi connectivity index (χ1v) is 11.8. The van der Waals surface area contributed by atoms with Crippen LogP contribution >= 0.6 is 0 Å². The van der Waals surface area contributed by atoms with Gasteiger partial charge in [-0.05, 0) is 69.2 Å². The van der Waals surface area contributed by atoms with E-state index < -0.39 is 0 Å². The van der Waals surface area contributed by atoms with Crippen molar-refractivity contribution in [2.45, 2.75) is 51.7 Å². The van der Waals surface area contributed by atoms with E-state index in [-0.39, 0.29) is 17.9 Å². The lowest BCUT2D eigenvalue weighted by Gasteiger charge is -2.37. The molecule has 1 aliphatic heterocycles. The van der Waals surface area contributed by atoms with Crippen molar-refractivity contribution < 1.29 is 18.7 Å². The summed E-state index contributed by atoms with van der Waals surface area (Å²) in [5.74, 6) is 1.18. The second kappa shape index (κ2) is 12.4. The molecule has 7 heteroatoms. The number of piperidine rings is 1. The molecule has 0 atom stereocenters. The molecule has 1 fully saturated rings. The van der Waals surface area contributed by atoms with Gasteiger partial charge in [-0.1, -0.05) is 25.5 Å². The van der Waals surface area contributed by atoms with Crippen LogP contribution in [0.25, 0.3) is 0 Å². The monoisotopic (exact) mass is 457 g/mol. The molecule has 2 amide bonds. The molecule has 0 unspecified atom stereocenters. The van der Waals surface area contributed by atoms with E-state index in [0.717, 1.165) is 61.4 Å². The molecule has 2 aromatic rings. The molecule has 0 radical (unpaired) electrons. The summed E-state index contributed by atoms with van der Waals surface area (Å²) in [7, 11) is 3.73. The first-order chi connectivity index (χ1) is 16.0. The van der Waals surface area contributed by atoms with Gasteiger partial charge in [0, 0.05) is 30.8 Å². The van der Waals surface area contributed by atoms with E-state index in [1.807, 2.05) is 23.1 Å². The summed E-state index contributed by atoms with van der Waals surface area (Å²) in [5.41, 5.74) is 1.82. The predicted octanol–water partition coefficient (Wildman–Crippen LogP) is 4.82. The Morgan fingerprint density at radius 2 is 1.91 bits per heavy atom. The molecule has 2 aromatic carbocycles. The Bertz CT molecular complexity index is 883. The van der Waals surface area contributed by atoms with Crippen LogP contribution in [0.3, 0.4) is 0 Å². The van der Waals surface area contributed by atoms with E-state index in [2.05, 4.69) is 24.2 Å². The summed E-state index contributed by atoms with van der Waals surface area (Å²) in [4.78, 5) is 17.5. The van der Waals surface area contributed by atoms with Crippen LogP contribution in [0.4, 0.5) is 9.18 Å². The summed E-state index contributed by atoms with van der Waals surface area (Å²) < 4.78 is 24.7. The van der Waals surface area contributed by atoms with Crippen LogP contribution in [0.2, 0.25) is 0 Å². The van der Waals surface area contributed by atoms with Gasteiger partial charge in [-0.3, -0.25) is 0 Å². The highest BCUT2D eigenvalue weighted by atomic mass is 19.1. The van der Waals surface area contributed by atoms with Crippen LogP contribution < -0.4 is 14.8 Å². The zero-order chi connectivity index (χ0) is 23.6. The number of hydrogen-bond donors (Lipinski definition) is 1. The van der Waals surface area contributed by atoms with Gasteiger partial charge in [0.2, 0.25) is 0 Å². The molecule has 0 aliphatic carbocycles. The number of hydrogen-bond acceptors (Lipinski definition) is 4. The minimum Gasteiger partial charge on any atom is -0.497 e. The molecule has 33 heavy (non-hydrogen) atoms. The number of carbonyl (C=O) groups is 1. The third-order valence-electron chi connectivity index (χ3n) is 6.12. The topological polar surface area (TPSA) is 54.0 Å². The molecule has 0 spiro atoms. The van der Waals surface area contributed by atoms with Crippen molar-refractivity contribution in [3.05, 3.63) is 59.4 Å². The Hall–Kier alpha value is -2.80. The Kier molecular flexibility index (Phi) is 9.36. The lowest BCUT2D eigenvalue weighted by atomic mass is 10.0. The SMILES string of the molecule is CCCCOc1cc(OC)ccc1CNC(=O)N(Cc1ccc(F)cc1)C1CCN(C)CC1. The zero-order valence-corrected chi connectivity index (χ0v) is 20.0. The van der Waals surface area contributed by atoms with Crippen molar-refractivity contribution >= 4 is 6.03 Å². The fraction of sp³-hybridized carbons (Fsp3) is 0.500. The maximum atomic E-state index is 13.4. The number of halogens is 1. The number of rotatable bonds is 10. The molecule has 1 saturated heterocycles. The number of ether oxygens (including phenoxy) is 2. The molecule has 6 nitrogen and oxygen atoms in total. The van der Waals surface area contributed by atoms with E-state index in [4.69, 9.17) is 9.47 Å². The number of unbranched alkanes of at least 4 members (excludes halogenated alkanes) is 1. The molecule has 1 aliphatic rings. The summed E-state index contributed by atoms with van der Waals surface area (Å²) in [5, 5.41) is 3.09. The number of nitrogens with one attached hydrogen (secondary N) is 1. The van der Waals surface area contributed by atoms with Gasteiger partial charge in [-0.25, -0.2) is 9.18 Å². The Morgan fingerprint density at radius 3 is 2.58 bits per heavy atom. The summed E-state index contributed by atoms with van der Waals surface area (Å²) >= 11 is 0. The van der Waals surface area contributed by atoms with Crippen LogP contribution in [-0.2, 0) is 13.1 Å². The Balaban J connectivity index is 1.71. The van der Waals surface area contributed by atoms with Crippen molar-refractivity contribution in [2.75, 3.05) is 33.9 Å². The summed E-state index contributed by atoms with van der Waals surface area (Å²) in [6.07, 6.45) is 3.84. The van der Waals surface area contributed by atoms with Crippen LogP contribution in [0, 0.1) is 5.82 Å². The molecule has 1 heterocycles. The van der Waals surface area contributed by atoms with E-state index in [1.165, 1.54) is 12.1 Å². The van der Waals surface area contributed by atoms with Crippen LogP contribution in [0.1, 0.15) is 43.7 Å². The fourth-order valence-corrected chi connectivity index (χ4v) is 4.00. The van der Waals surface area contributed by atoms with Gasteiger partial charge in [-0.2, -0.15) is 0 Å². The third-order valence-corrected chi connectivity index (χ3v) is 6.12. The maximum absolute atomic E-state index is 13.4. The largest absolute Gasteiger partial charge is 0.497 e. The predicted molar refractivity (Wildman–Crippen MR) is 128 cm³/mol. The molecule has 0 saturated carbocycles. The molecule has 0 bridgehead atoms. The summed E-state index contributed by atoms with van der Waals surface area (Å²) in [6.45, 7) is 5.45. The fourth-order valence-electron chi connectivity index (χ4n) is 4.00. The van der Waals surface area contributed by atoms with Gasteiger partial charge in [0.15, 0.2) is 0 Å². The Labute approximate surface area is 196 Å². The Morgan fingerprint density at radius 1 is 1.18 bits per heavy atom. The lowest BCUT2D eigenvalue weighted by molar-refractivity contribution is 0.127. The van der Waals surface area contributed by atoms with Gasteiger partial charge in [0.25, 0.3) is 0 Å². The van der Waals surface area contributed by atoms with Crippen molar-refractivity contribution in [2.24, 2.45) is 0 Å². The quantitative estimate of drug-likeness (QED) is 0.520. The van der Waals surface area contributed by atoms with Gasteiger partial charge in [-0.15, -0.1) is 0 Å². The number of likely N-dealkylation sites (tertiary alicyclic amines) is 1. The molecule has 3 rings (SSSR count). The van der Waals surface area contributed by atoms with Crippen molar-refractivity contribution in [1.82, 2.24) is 15.1 Å². The minimum absolute atomic E-state index is 0.121. The second-order valence-corrected chi connectivity index (χ2v) is 8.62. The molecular formula is C26H36FN3O3. The van der Waals surface area contributed by atoms with Gasteiger partial charge in [0.05, 0.1) is 13.7 Å². The second-order valence-electron chi connectivity index (χ2n) is 8.62. The highest BCUT2D eigenvalue weighted by Gasteiger charge is 2.27. The molecule has 0 aromatic heterocycles. The van der Waals surface area contributed by atoms with Crippen LogP contribution in [0.5, 0.6) is 11.5 Å². The smallest absolute Gasteiger partial charge is 0.318 e. The van der Waals surface area contributed by atoms with Crippen LogP contribution in [-0.4, -0.2) is 55.7 Å². The number of nitrogens with zero attached hydrogens (tertiary/aromatic N) is 2. The van der Waals surface area contributed by atoms with Gasteiger partial charge < -0.3 is 24.6 Å². The highest BCUT2D eigenvalue weighted by molar-refractivity contribution is 5.74. The van der Waals surface area contributed by atoms with Crippen molar-refractivity contribution in [3.63, 3.8) is 0 Å². The minimum atomic E-state index is -0.274. The lowest BCUT2D eigenvalue weighted by Crippen LogP contribution is -2.49. The highest BCUT2D eigenvalue weighted by Crippen LogP contribution is 2.26. The first-order valence-electron chi connectivity index (χ1n) is 11.8. The average molecular weight is 458 g/mol. The standard InChI is InChI=1S/C26H36FN3O3/c1-4-5-16-33-25-17-24(32-3)11-8-21(25)18-28-26(31)30(23-12-14-29(2)15-13-23)19-20-6-9-22(27)10-7-20/h6-11,17,23H,4-5,12-16,18-19H2,1-3H3,(H,28,31). The van der Waals surface area contributed by atoms with Gasteiger partial charge >= 0.3 is 6.03 Å². The van der Waals surface area contributed by atoms with Crippen molar-refractivity contribution in [1.29, 1.82) is 0 Å². The van der Waals surface area contributed by atoms with Crippen molar-refractivity contribution in [3.8, 4) is 11.5 Å². The number of carbonyl (C=O) groups excluding carboxylic acids is 1. The van der Waals surface area contributed by atoms with Crippen LogP contribution in [0.15, 0.2) is 42.5 Å². The average Bonchev–Trinajstić information content (AvgIpc) is 2.83. The summed E-state index contributed by atoms with van der Waals surface area (Å²) in [6, 6.07) is 12.1. The van der Waals surface area contributed by atoms with E-state index >= 15 is 0 Å². The molecule has 180 valence electrons. The molecular weight excluding hydrogens is 421 g/mol. The van der Waals surface area contributed by atoms with E-state index in [0.29, 0.717) is 19.7 Å². The number of methoxy groups -OCH3 is 1. The van der Waals surface area contributed by atoms with E-state index in [1.54, 1.807) is 19.2 Å². The maximum Gasteiger partial charge on any atom is 0.318 e. The normalized spacial score (nSPS) is 14.7. The molecule has 1 N–H and O–H groups in total. The van der Waals surface area contributed by atoms with Gasteiger partial charge in [0.1, 0.15) is 17.3 Å². The number of urea groups is 1. The third kappa shape index (κ3) is 7.35. The van der Waals surface area contributed by atoms with E-state index in [9.17, 15) is 9.18 Å². The first kappa shape index (κ1) is 24.8.